The molecule has 2 aromatic carbocycles. The zero-order valence-corrected chi connectivity index (χ0v) is 15.1. The van der Waals surface area contributed by atoms with Crippen LogP contribution in [0.5, 0.6) is 0 Å². The van der Waals surface area contributed by atoms with Crippen LogP contribution >= 0.6 is 11.3 Å². The second-order valence-electron chi connectivity index (χ2n) is 5.52. The monoisotopic (exact) mass is 390 g/mol. The molecule has 134 valence electrons. The Kier molecular flexibility index (Phi) is 5.17. The first-order chi connectivity index (χ1) is 12.3. The minimum absolute atomic E-state index is 0.0118. The summed E-state index contributed by atoms with van der Waals surface area (Å²) in [5, 5.41) is 7.81. The fourth-order valence-electron chi connectivity index (χ4n) is 2.37. The van der Waals surface area contributed by atoms with Crippen LogP contribution in [0.25, 0.3) is 10.4 Å². The molecular weight excluding hydrogens is 375 g/mol. The number of carbonyl (C=O) groups is 1. The van der Waals surface area contributed by atoms with Gasteiger partial charge in [-0.25, -0.2) is 17.9 Å². The summed E-state index contributed by atoms with van der Waals surface area (Å²) in [7, 11) is -3.79. The Balaban J connectivity index is 1.71. The number of rotatable bonds is 5. The van der Waals surface area contributed by atoms with Crippen molar-refractivity contribution in [3.05, 3.63) is 76.9 Å². The molecule has 1 amide bonds. The Morgan fingerprint density at radius 1 is 1.08 bits per heavy atom. The highest BCUT2D eigenvalue weighted by Crippen LogP contribution is 2.30. The Labute approximate surface area is 154 Å². The molecule has 0 atom stereocenters. The van der Waals surface area contributed by atoms with Crippen LogP contribution in [0, 0.1) is 5.82 Å². The molecule has 0 aliphatic heterocycles. The predicted molar refractivity (Wildman–Crippen MR) is 98.7 cm³/mol. The van der Waals surface area contributed by atoms with Crippen LogP contribution in [-0.4, -0.2) is 14.3 Å². The van der Waals surface area contributed by atoms with Gasteiger partial charge in [0.05, 0.1) is 9.77 Å². The Morgan fingerprint density at radius 3 is 2.58 bits per heavy atom. The largest absolute Gasteiger partial charge is 0.347 e. The third-order valence-corrected chi connectivity index (χ3v) is 5.68. The molecule has 0 unspecified atom stereocenters. The first-order valence-corrected chi connectivity index (χ1v) is 9.95. The topological polar surface area (TPSA) is 89.3 Å². The average Bonchev–Trinajstić information content (AvgIpc) is 3.09. The SMILES string of the molecule is NS(=O)(=O)c1cccc(CNC(=O)c2ccc(-c3ccccc3F)s2)c1. The van der Waals surface area contributed by atoms with E-state index in [2.05, 4.69) is 5.32 Å². The van der Waals surface area contributed by atoms with Crippen molar-refractivity contribution in [2.75, 3.05) is 0 Å². The number of nitrogens with one attached hydrogen (secondary N) is 1. The maximum absolute atomic E-state index is 13.8. The van der Waals surface area contributed by atoms with Crippen molar-refractivity contribution >= 4 is 27.3 Å². The summed E-state index contributed by atoms with van der Waals surface area (Å²) in [6.07, 6.45) is 0. The number of amides is 1. The van der Waals surface area contributed by atoms with E-state index in [4.69, 9.17) is 5.14 Å². The van der Waals surface area contributed by atoms with Gasteiger partial charge in [-0.2, -0.15) is 0 Å². The molecule has 26 heavy (non-hydrogen) atoms. The summed E-state index contributed by atoms with van der Waals surface area (Å²) >= 11 is 1.18. The fourth-order valence-corrected chi connectivity index (χ4v) is 3.90. The van der Waals surface area contributed by atoms with Gasteiger partial charge in [0.1, 0.15) is 5.82 Å². The average molecular weight is 390 g/mol. The Morgan fingerprint density at radius 2 is 1.85 bits per heavy atom. The molecule has 0 spiro atoms. The molecule has 1 heterocycles. The van der Waals surface area contributed by atoms with E-state index in [0.29, 0.717) is 20.9 Å². The van der Waals surface area contributed by atoms with Gasteiger partial charge in [-0.15, -0.1) is 11.3 Å². The molecule has 0 saturated heterocycles. The zero-order chi connectivity index (χ0) is 18.7. The number of primary sulfonamides is 1. The molecule has 0 saturated carbocycles. The molecular formula is C18H15FN2O3S2. The number of hydrogen-bond acceptors (Lipinski definition) is 4. The Bertz CT molecular complexity index is 1060. The highest BCUT2D eigenvalue weighted by atomic mass is 32.2. The molecule has 0 fully saturated rings. The van der Waals surface area contributed by atoms with E-state index in [1.165, 1.54) is 29.5 Å². The van der Waals surface area contributed by atoms with Crippen LogP contribution in [0.1, 0.15) is 15.2 Å². The molecule has 5 nitrogen and oxygen atoms in total. The van der Waals surface area contributed by atoms with Crippen LogP contribution in [0.2, 0.25) is 0 Å². The van der Waals surface area contributed by atoms with E-state index >= 15 is 0 Å². The molecule has 0 aliphatic carbocycles. The van der Waals surface area contributed by atoms with Crippen LogP contribution in [0.3, 0.4) is 0 Å². The molecule has 0 radical (unpaired) electrons. The first kappa shape index (κ1) is 18.2. The summed E-state index contributed by atoms with van der Waals surface area (Å²) in [6, 6.07) is 15.7. The maximum atomic E-state index is 13.8. The van der Waals surface area contributed by atoms with Crippen molar-refractivity contribution in [3.8, 4) is 10.4 Å². The van der Waals surface area contributed by atoms with Gasteiger partial charge in [0.2, 0.25) is 10.0 Å². The van der Waals surface area contributed by atoms with Gasteiger partial charge in [-0.1, -0.05) is 30.3 Å². The lowest BCUT2D eigenvalue weighted by atomic mass is 10.2. The molecule has 8 heteroatoms. The first-order valence-electron chi connectivity index (χ1n) is 7.59. The molecule has 0 aliphatic rings. The van der Waals surface area contributed by atoms with Crippen LogP contribution in [0.15, 0.2) is 65.6 Å². The van der Waals surface area contributed by atoms with E-state index in [-0.39, 0.29) is 23.2 Å². The van der Waals surface area contributed by atoms with Gasteiger partial charge < -0.3 is 5.32 Å². The highest BCUT2D eigenvalue weighted by Gasteiger charge is 2.13. The minimum atomic E-state index is -3.79. The number of benzene rings is 2. The smallest absolute Gasteiger partial charge is 0.261 e. The van der Waals surface area contributed by atoms with Crippen LogP contribution in [-0.2, 0) is 16.6 Å². The third kappa shape index (κ3) is 4.16. The van der Waals surface area contributed by atoms with Gasteiger partial charge in [0, 0.05) is 17.0 Å². The summed E-state index contributed by atoms with van der Waals surface area (Å²) in [6.45, 7) is 0.148. The second kappa shape index (κ2) is 7.36. The highest BCUT2D eigenvalue weighted by molar-refractivity contribution is 7.89. The Hall–Kier alpha value is -2.55. The number of hydrogen-bond donors (Lipinski definition) is 2. The summed E-state index contributed by atoms with van der Waals surface area (Å²) in [5.41, 5.74) is 1.05. The van der Waals surface area contributed by atoms with Crippen molar-refractivity contribution in [1.29, 1.82) is 0 Å². The molecule has 0 bridgehead atoms. The van der Waals surface area contributed by atoms with Crippen molar-refractivity contribution in [1.82, 2.24) is 5.32 Å². The van der Waals surface area contributed by atoms with Gasteiger partial charge in [-0.3, -0.25) is 4.79 Å². The van der Waals surface area contributed by atoms with Crippen LogP contribution < -0.4 is 10.5 Å². The molecule has 3 aromatic rings. The number of nitrogens with two attached hydrogens (primary N) is 1. The summed E-state index contributed by atoms with van der Waals surface area (Å²) in [5.74, 6) is -0.667. The van der Waals surface area contributed by atoms with Crippen molar-refractivity contribution in [2.45, 2.75) is 11.4 Å². The van der Waals surface area contributed by atoms with E-state index in [1.807, 2.05) is 0 Å². The van der Waals surface area contributed by atoms with Crippen molar-refractivity contribution in [3.63, 3.8) is 0 Å². The lowest BCUT2D eigenvalue weighted by Gasteiger charge is -2.05. The number of sulfonamides is 1. The number of carbonyl (C=O) groups excluding carboxylic acids is 1. The van der Waals surface area contributed by atoms with Gasteiger partial charge in [0.25, 0.3) is 5.91 Å². The second-order valence-corrected chi connectivity index (χ2v) is 8.16. The standard InChI is InChI=1S/C18H15FN2O3S2/c19-15-7-2-1-6-14(15)16-8-9-17(25-16)18(22)21-11-12-4-3-5-13(10-12)26(20,23)24/h1-10H,11H2,(H,21,22)(H2,20,23,24). The summed E-state index contributed by atoms with van der Waals surface area (Å²) < 4.78 is 36.6. The van der Waals surface area contributed by atoms with E-state index in [0.717, 1.165) is 0 Å². The minimum Gasteiger partial charge on any atom is -0.347 e. The van der Waals surface area contributed by atoms with Crippen molar-refractivity contribution in [2.24, 2.45) is 5.14 Å². The van der Waals surface area contributed by atoms with E-state index in [1.54, 1.807) is 42.5 Å². The predicted octanol–water partition coefficient (Wildman–Crippen LogP) is 3.13. The number of halogens is 1. The molecule has 1 aromatic heterocycles. The maximum Gasteiger partial charge on any atom is 0.261 e. The lowest BCUT2D eigenvalue weighted by Crippen LogP contribution is -2.22. The normalized spacial score (nSPS) is 11.3. The van der Waals surface area contributed by atoms with Gasteiger partial charge in [-0.05, 0) is 35.9 Å². The third-order valence-electron chi connectivity index (χ3n) is 3.65. The van der Waals surface area contributed by atoms with Gasteiger partial charge >= 0.3 is 0 Å². The van der Waals surface area contributed by atoms with Gasteiger partial charge in [0.15, 0.2) is 0 Å². The quantitative estimate of drug-likeness (QED) is 0.701. The summed E-state index contributed by atoms with van der Waals surface area (Å²) in [4.78, 5) is 13.4. The van der Waals surface area contributed by atoms with Crippen molar-refractivity contribution < 1.29 is 17.6 Å². The fraction of sp³-hybridized carbons (Fsp3) is 0.0556. The van der Waals surface area contributed by atoms with E-state index in [9.17, 15) is 17.6 Å². The van der Waals surface area contributed by atoms with E-state index < -0.39 is 10.0 Å². The zero-order valence-electron chi connectivity index (χ0n) is 13.5. The molecule has 3 N–H and O–H groups in total. The van der Waals surface area contributed by atoms with Crippen LogP contribution in [0.4, 0.5) is 4.39 Å². The lowest BCUT2D eigenvalue weighted by molar-refractivity contribution is 0.0955. The molecule has 3 rings (SSSR count). The number of thiophene rings is 1.